The first-order valence-corrected chi connectivity index (χ1v) is 9.84. The number of aryl methyl sites for hydroxylation is 1. The van der Waals surface area contributed by atoms with Crippen LogP contribution in [-0.2, 0) is 4.79 Å². The minimum atomic E-state index is -0.503. The van der Waals surface area contributed by atoms with Gasteiger partial charge >= 0.3 is 0 Å². The smallest absolute Gasteiger partial charge is 0.280 e. The number of amides is 2. The molecule has 0 N–H and O–H groups in total. The maximum Gasteiger partial charge on any atom is 0.280 e. The van der Waals surface area contributed by atoms with E-state index in [-0.39, 0.29) is 23.8 Å². The molecule has 1 fully saturated rings. The highest BCUT2D eigenvalue weighted by atomic mass is 16.2. The number of likely N-dealkylation sites (N-methyl/N-ethyl adjacent to an activating group) is 1. The van der Waals surface area contributed by atoms with Crippen LogP contribution in [0.5, 0.6) is 0 Å². The average molecular weight is 394 g/mol. The first kappa shape index (κ1) is 19.4. The Kier molecular flexibility index (Phi) is 4.82. The predicted octanol–water partition coefficient (Wildman–Crippen LogP) is 1.82. The highest BCUT2D eigenvalue weighted by Crippen LogP contribution is 2.37. The van der Waals surface area contributed by atoms with E-state index in [0.29, 0.717) is 30.3 Å². The summed E-state index contributed by atoms with van der Waals surface area (Å²) in [7, 11) is 2.08. The normalized spacial score (nSPS) is 21.4. The van der Waals surface area contributed by atoms with E-state index < -0.39 is 6.04 Å². The largest absolute Gasteiger partial charge is 0.340 e. The monoisotopic (exact) mass is 394 g/mol. The molecule has 2 amide bonds. The Bertz CT molecular complexity index is 942. The van der Waals surface area contributed by atoms with Gasteiger partial charge in [0.05, 0.1) is 18.2 Å². The minimum absolute atomic E-state index is 0.0135. The van der Waals surface area contributed by atoms with Crippen molar-refractivity contribution in [3.8, 4) is 0 Å². The summed E-state index contributed by atoms with van der Waals surface area (Å²) in [5.74, 6) is 0.262. The number of piperazine rings is 1. The lowest BCUT2D eigenvalue weighted by Gasteiger charge is -2.45. The van der Waals surface area contributed by atoms with Crippen molar-refractivity contribution in [3.05, 3.63) is 47.7 Å². The van der Waals surface area contributed by atoms with Gasteiger partial charge in [0, 0.05) is 43.8 Å². The fraction of sp³-hybridized carbons (Fsp3) is 0.476. The van der Waals surface area contributed by atoms with Gasteiger partial charge in [0.25, 0.3) is 5.91 Å². The van der Waals surface area contributed by atoms with Gasteiger partial charge in [-0.1, -0.05) is 6.07 Å². The van der Waals surface area contributed by atoms with E-state index in [1.165, 1.54) is 6.20 Å². The summed E-state index contributed by atoms with van der Waals surface area (Å²) >= 11 is 0. The lowest BCUT2D eigenvalue weighted by Crippen LogP contribution is -2.59. The van der Waals surface area contributed by atoms with E-state index in [2.05, 4.69) is 40.7 Å². The molecule has 29 heavy (non-hydrogen) atoms. The summed E-state index contributed by atoms with van der Waals surface area (Å²) in [5, 5.41) is 0. The number of fused-ring (bicyclic) bond motifs is 1. The summed E-state index contributed by atoms with van der Waals surface area (Å²) in [5.41, 5.74) is 1.75. The van der Waals surface area contributed by atoms with Crippen molar-refractivity contribution in [1.29, 1.82) is 0 Å². The fourth-order valence-corrected chi connectivity index (χ4v) is 3.94. The zero-order valence-corrected chi connectivity index (χ0v) is 17.3. The molecule has 0 aliphatic carbocycles. The van der Waals surface area contributed by atoms with E-state index in [4.69, 9.17) is 0 Å². The third kappa shape index (κ3) is 3.48. The quantitative estimate of drug-likeness (QED) is 0.790. The fourth-order valence-electron chi connectivity index (χ4n) is 3.94. The number of hydrogen-bond acceptors (Lipinski definition) is 6. The molecule has 0 bridgehead atoms. The van der Waals surface area contributed by atoms with Crippen molar-refractivity contribution >= 4 is 17.6 Å². The van der Waals surface area contributed by atoms with Gasteiger partial charge in [0.2, 0.25) is 5.91 Å². The molecule has 1 atom stereocenters. The topological polar surface area (TPSA) is 82.5 Å². The third-order valence-corrected chi connectivity index (χ3v) is 5.95. The van der Waals surface area contributed by atoms with Gasteiger partial charge in [-0.25, -0.2) is 9.97 Å². The van der Waals surface area contributed by atoms with Crippen LogP contribution in [0.25, 0.3) is 0 Å². The number of pyridine rings is 1. The van der Waals surface area contributed by atoms with Crippen LogP contribution in [0.3, 0.4) is 0 Å². The van der Waals surface area contributed by atoms with E-state index in [1.54, 1.807) is 23.4 Å². The van der Waals surface area contributed by atoms with Gasteiger partial charge < -0.3 is 4.90 Å². The number of carbonyl (C=O) groups excluding carboxylic acids is 2. The van der Waals surface area contributed by atoms with E-state index in [0.717, 1.165) is 12.1 Å². The van der Waals surface area contributed by atoms with Crippen LogP contribution in [0.15, 0.2) is 30.7 Å². The van der Waals surface area contributed by atoms with Crippen molar-refractivity contribution in [2.45, 2.75) is 38.8 Å². The molecule has 2 aliphatic heterocycles. The molecular formula is C21H26N6O2. The Labute approximate surface area is 170 Å². The zero-order chi connectivity index (χ0) is 20.8. The Morgan fingerprint density at radius 1 is 1.17 bits per heavy atom. The SMILES string of the molecule is Cc1ccc(N2C(=O)c3nccnc3C2CC(=O)N2CCN(C)C(C)(C)C2)nc1. The Hall–Kier alpha value is -2.87. The molecule has 8 heteroatoms. The highest BCUT2D eigenvalue weighted by Gasteiger charge is 2.43. The van der Waals surface area contributed by atoms with Gasteiger partial charge in [-0.2, -0.15) is 0 Å². The minimum Gasteiger partial charge on any atom is -0.340 e. The van der Waals surface area contributed by atoms with Gasteiger partial charge in [-0.15, -0.1) is 0 Å². The second kappa shape index (κ2) is 7.18. The average Bonchev–Trinajstić information content (AvgIpc) is 2.97. The highest BCUT2D eigenvalue weighted by molar-refractivity contribution is 6.09. The first-order chi connectivity index (χ1) is 13.8. The van der Waals surface area contributed by atoms with Gasteiger partial charge in [-0.05, 0) is 39.4 Å². The molecule has 2 aromatic rings. The second-order valence-corrected chi connectivity index (χ2v) is 8.43. The maximum absolute atomic E-state index is 13.2. The summed E-state index contributed by atoms with van der Waals surface area (Å²) in [4.78, 5) is 45.0. The van der Waals surface area contributed by atoms with Gasteiger partial charge in [-0.3, -0.25) is 24.4 Å². The number of anilines is 1. The molecule has 8 nitrogen and oxygen atoms in total. The lowest BCUT2D eigenvalue weighted by atomic mass is 9.99. The second-order valence-electron chi connectivity index (χ2n) is 8.43. The van der Waals surface area contributed by atoms with Crippen molar-refractivity contribution in [1.82, 2.24) is 24.8 Å². The first-order valence-electron chi connectivity index (χ1n) is 9.84. The molecule has 152 valence electrons. The van der Waals surface area contributed by atoms with Crippen molar-refractivity contribution in [2.75, 3.05) is 31.6 Å². The van der Waals surface area contributed by atoms with Crippen LogP contribution in [0, 0.1) is 6.92 Å². The van der Waals surface area contributed by atoms with Crippen LogP contribution in [-0.4, -0.2) is 68.8 Å². The molecule has 2 aliphatic rings. The summed E-state index contributed by atoms with van der Waals surface area (Å²) in [6.45, 7) is 8.36. The van der Waals surface area contributed by atoms with E-state index in [1.807, 2.05) is 17.9 Å². The molecule has 0 spiro atoms. The Balaban J connectivity index is 1.63. The molecule has 0 radical (unpaired) electrons. The van der Waals surface area contributed by atoms with Crippen molar-refractivity contribution in [3.63, 3.8) is 0 Å². The Morgan fingerprint density at radius 2 is 1.93 bits per heavy atom. The van der Waals surface area contributed by atoms with E-state index >= 15 is 0 Å². The maximum atomic E-state index is 13.2. The van der Waals surface area contributed by atoms with Crippen molar-refractivity contribution < 1.29 is 9.59 Å². The summed E-state index contributed by atoms with van der Waals surface area (Å²) in [6.07, 6.45) is 4.94. The zero-order valence-electron chi connectivity index (χ0n) is 17.3. The van der Waals surface area contributed by atoms with Gasteiger partial charge in [0.15, 0.2) is 5.69 Å². The van der Waals surface area contributed by atoms with Gasteiger partial charge in [0.1, 0.15) is 5.82 Å². The summed E-state index contributed by atoms with van der Waals surface area (Å²) in [6, 6.07) is 3.20. The van der Waals surface area contributed by atoms with Crippen molar-refractivity contribution in [2.24, 2.45) is 0 Å². The van der Waals surface area contributed by atoms with Crippen LogP contribution in [0.1, 0.15) is 48.1 Å². The Morgan fingerprint density at radius 3 is 2.62 bits per heavy atom. The lowest BCUT2D eigenvalue weighted by molar-refractivity contribution is -0.136. The molecule has 0 saturated carbocycles. The third-order valence-electron chi connectivity index (χ3n) is 5.95. The van der Waals surface area contributed by atoms with E-state index in [9.17, 15) is 9.59 Å². The molecule has 0 aromatic carbocycles. The molecule has 2 aromatic heterocycles. The molecule has 1 saturated heterocycles. The van der Waals surface area contributed by atoms with Crippen LogP contribution >= 0.6 is 0 Å². The number of rotatable bonds is 3. The van der Waals surface area contributed by atoms with Crippen LogP contribution in [0.2, 0.25) is 0 Å². The standard InChI is InChI=1S/C21H26N6O2/c1-14-5-6-16(24-12-14)27-15(18-19(20(27)29)23-8-7-22-18)11-17(28)26-10-9-25(4)21(2,3)13-26/h5-8,12,15H,9-11,13H2,1-4H3. The molecular weight excluding hydrogens is 368 g/mol. The predicted molar refractivity (Wildman–Crippen MR) is 108 cm³/mol. The summed E-state index contributed by atoms with van der Waals surface area (Å²) < 4.78 is 0. The number of aromatic nitrogens is 3. The number of hydrogen-bond donors (Lipinski definition) is 0. The van der Waals surface area contributed by atoms with Crippen LogP contribution < -0.4 is 4.90 Å². The molecule has 4 rings (SSSR count). The number of carbonyl (C=O) groups is 2. The van der Waals surface area contributed by atoms with Crippen LogP contribution in [0.4, 0.5) is 5.82 Å². The molecule has 1 unspecified atom stereocenters. The molecule has 4 heterocycles. The number of nitrogens with zero attached hydrogens (tertiary/aromatic N) is 6.